The molecule has 1 fully saturated rings. The Morgan fingerprint density at radius 1 is 1.18 bits per heavy atom. The molecule has 3 atom stereocenters. The molecule has 1 saturated heterocycles. The summed E-state index contributed by atoms with van der Waals surface area (Å²) in [5.41, 5.74) is 0. The van der Waals surface area contributed by atoms with Crippen molar-refractivity contribution in [1.29, 1.82) is 0 Å². The summed E-state index contributed by atoms with van der Waals surface area (Å²) in [6.07, 6.45) is 5.15. The van der Waals surface area contributed by atoms with Crippen molar-refractivity contribution in [3.8, 4) is 0 Å². The van der Waals surface area contributed by atoms with Crippen LogP contribution < -0.4 is 5.32 Å². The van der Waals surface area contributed by atoms with Crippen molar-refractivity contribution in [2.24, 2.45) is 5.92 Å². The zero-order valence-electron chi connectivity index (χ0n) is 12.5. The normalized spacial score (nSPS) is 29.3. The summed E-state index contributed by atoms with van der Waals surface area (Å²) in [7, 11) is 0. The van der Waals surface area contributed by atoms with Gasteiger partial charge in [-0.3, -0.25) is 4.90 Å². The molecule has 1 heterocycles. The van der Waals surface area contributed by atoms with E-state index in [0.717, 1.165) is 18.0 Å². The van der Waals surface area contributed by atoms with Crippen LogP contribution in [0.4, 0.5) is 0 Å². The lowest BCUT2D eigenvalue weighted by atomic mass is 9.97. The third-order valence-electron chi connectivity index (χ3n) is 4.68. The largest absolute Gasteiger partial charge is 0.312 e. The van der Waals surface area contributed by atoms with Crippen LogP contribution in [0.5, 0.6) is 0 Å². The van der Waals surface area contributed by atoms with Crippen LogP contribution in [0.25, 0.3) is 0 Å². The maximum Gasteiger partial charge on any atom is 0.0220 e. The predicted molar refractivity (Wildman–Crippen MR) is 76.4 cm³/mol. The van der Waals surface area contributed by atoms with Crippen molar-refractivity contribution in [1.82, 2.24) is 10.2 Å². The molecule has 3 unspecified atom stereocenters. The molecule has 1 aliphatic rings. The fourth-order valence-corrected chi connectivity index (χ4v) is 3.05. The molecule has 2 heteroatoms. The first kappa shape index (κ1) is 15.0. The summed E-state index contributed by atoms with van der Waals surface area (Å²) in [6, 6.07) is 2.20. The highest BCUT2D eigenvalue weighted by Gasteiger charge is 2.28. The van der Waals surface area contributed by atoms with E-state index in [1.54, 1.807) is 0 Å². The lowest BCUT2D eigenvalue weighted by Gasteiger charge is -2.37. The summed E-state index contributed by atoms with van der Waals surface area (Å²) in [4.78, 5) is 2.76. The fraction of sp³-hybridized carbons (Fsp3) is 1.00. The molecular formula is C15H32N2. The molecule has 0 aromatic heterocycles. The Balaban J connectivity index is 2.70. The highest BCUT2D eigenvalue weighted by atomic mass is 15.2. The van der Waals surface area contributed by atoms with Gasteiger partial charge in [-0.2, -0.15) is 0 Å². The van der Waals surface area contributed by atoms with Crippen LogP contribution in [0, 0.1) is 5.92 Å². The Morgan fingerprint density at radius 2 is 1.82 bits per heavy atom. The van der Waals surface area contributed by atoms with Crippen molar-refractivity contribution in [3.05, 3.63) is 0 Å². The maximum atomic E-state index is 3.75. The molecule has 0 bridgehead atoms. The molecular weight excluding hydrogens is 208 g/mol. The Kier molecular flexibility index (Phi) is 6.50. The van der Waals surface area contributed by atoms with E-state index in [1.165, 1.54) is 38.8 Å². The molecule has 0 aromatic carbocycles. The van der Waals surface area contributed by atoms with Gasteiger partial charge in [0.25, 0.3) is 0 Å². The van der Waals surface area contributed by atoms with Gasteiger partial charge in [0.1, 0.15) is 0 Å². The minimum atomic E-state index is 0.686. The van der Waals surface area contributed by atoms with Crippen LogP contribution >= 0.6 is 0 Å². The first-order valence-corrected chi connectivity index (χ1v) is 7.63. The highest BCUT2D eigenvalue weighted by molar-refractivity contribution is 4.86. The maximum absolute atomic E-state index is 3.75. The van der Waals surface area contributed by atoms with Crippen LogP contribution in [-0.2, 0) is 0 Å². The number of hydrogen-bond donors (Lipinski definition) is 1. The number of rotatable bonds is 5. The average Bonchev–Trinajstić information content (AvgIpc) is 2.53. The van der Waals surface area contributed by atoms with Gasteiger partial charge in [0.2, 0.25) is 0 Å². The van der Waals surface area contributed by atoms with Crippen LogP contribution in [-0.4, -0.2) is 36.1 Å². The summed E-state index contributed by atoms with van der Waals surface area (Å²) in [5.74, 6) is 0.789. The molecule has 102 valence electrons. The number of nitrogens with one attached hydrogen (secondary N) is 1. The zero-order chi connectivity index (χ0) is 12.8. The zero-order valence-corrected chi connectivity index (χ0v) is 12.5. The SMILES string of the molecule is CCC(C)C1CN(C(CC)CC)C(C)CCN1. The lowest BCUT2D eigenvalue weighted by molar-refractivity contribution is 0.123. The van der Waals surface area contributed by atoms with E-state index >= 15 is 0 Å². The molecule has 0 spiro atoms. The van der Waals surface area contributed by atoms with E-state index in [9.17, 15) is 0 Å². The molecule has 17 heavy (non-hydrogen) atoms. The van der Waals surface area contributed by atoms with Gasteiger partial charge in [-0.1, -0.05) is 34.1 Å². The van der Waals surface area contributed by atoms with Crippen LogP contribution in [0.15, 0.2) is 0 Å². The van der Waals surface area contributed by atoms with Gasteiger partial charge in [0.15, 0.2) is 0 Å². The Bertz CT molecular complexity index is 201. The number of nitrogens with zero attached hydrogens (tertiary/aromatic N) is 1. The second-order valence-electron chi connectivity index (χ2n) is 5.75. The van der Waals surface area contributed by atoms with Gasteiger partial charge in [-0.15, -0.1) is 0 Å². The van der Waals surface area contributed by atoms with Gasteiger partial charge in [0, 0.05) is 24.7 Å². The molecule has 0 radical (unpaired) electrons. The first-order chi connectivity index (χ1) is 8.13. The summed E-state index contributed by atoms with van der Waals surface area (Å²) in [5, 5.41) is 3.75. The topological polar surface area (TPSA) is 15.3 Å². The molecule has 0 aromatic rings. The predicted octanol–water partition coefficient (Wildman–Crippen LogP) is 3.27. The van der Waals surface area contributed by atoms with Gasteiger partial charge in [0.05, 0.1) is 0 Å². The van der Waals surface area contributed by atoms with Gasteiger partial charge >= 0.3 is 0 Å². The van der Waals surface area contributed by atoms with E-state index in [4.69, 9.17) is 0 Å². The third-order valence-corrected chi connectivity index (χ3v) is 4.68. The number of hydrogen-bond acceptors (Lipinski definition) is 2. The van der Waals surface area contributed by atoms with Gasteiger partial charge < -0.3 is 5.32 Å². The molecule has 1 aliphatic heterocycles. The van der Waals surface area contributed by atoms with E-state index in [0.29, 0.717) is 6.04 Å². The van der Waals surface area contributed by atoms with Crippen molar-refractivity contribution in [3.63, 3.8) is 0 Å². The molecule has 0 amide bonds. The molecule has 1 rings (SSSR count). The second kappa shape index (κ2) is 7.38. The van der Waals surface area contributed by atoms with Gasteiger partial charge in [-0.05, 0) is 38.6 Å². The summed E-state index contributed by atoms with van der Waals surface area (Å²) >= 11 is 0. The second-order valence-corrected chi connectivity index (χ2v) is 5.75. The quantitative estimate of drug-likeness (QED) is 0.793. The van der Waals surface area contributed by atoms with Crippen molar-refractivity contribution < 1.29 is 0 Å². The minimum absolute atomic E-state index is 0.686. The minimum Gasteiger partial charge on any atom is -0.312 e. The Hall–Kier alpha value is -0.0800. The van der Waals surface area contributed by atoms with Crippen LogP contribution in [0.2, 0.25) is 0 Å². The Labute approximate surface area is 108 Å². The summed E-state index contributed by atoms with van der Waals surface area (Å²) in [6.45, 7) is 14.2. The fourth-order valence-electron chi connectivity index (χ4n) is 3.05. The van der Waals surface area contributed by atoms with E-state index in [2.05, 4.69) is 44.8 Å². The molecule has 2 nitrogen and oxygen atoms in total. The molecule has 0 saturated carbocycles. The van der Waals surface area contributed by atoms with Crippen LogP contribution in [0.3, 0.4) is 0 Å². The molecule has 1 N–H and O–H groups in total. The van der Waals surface area contributed by atoms with E-state index in [1.807, 2.05) is 0 Å². The lowest BCUT2D eigenvalue weighted by Crippen LogP contribution is -2.47. The van der Waals surface area contributed by atoms with Crippen molar-refractivity contribution >= 4 is 0 Å². The van der Waals surface area contributed by atoms with E-state index < -0.39 is 0 Å². The third kappa shape index (κ3) is 3.96. The van der Waals surface area contributed by atoms with E-state index in [-0.39, 0.29) is 0 Å². The van der Waals surface area contributed by atoms with Gasteiger partial charge in [-0.25, -0.2) is 0 Å². The smallest absolute Gasteiger partial charge is 0.0220 e. The Morgan fingerprint density at radius 3 is 2.35 bits per heavy atom. The molecule has 0 aliphatic carbocycles. The first-order valence-electron chi connectivity index (χ1n) is 7.63. The monoisotopic (exact) mass is 240 g/mol. The van der Waals surface area contributed by atoms with Crippen molar-refractivity contribution in [2.45, 2.75) is 78.4 Å². The van der Waals surface area contributed by atoms with Crippen LogP contribution in [0.1, 0.15) is 60.3 Å². The average molecular weight is 240 g/mol. The highest BCUT2D eigenvalue weighted by Crippen LogP contribution is 2.20. The van der Waals surface area contributed by atoms with Crippen molar-refractivity contribution in [2.75, 3.05) is 13.1 Å². The standard InChI is InChI=1S/C15H32N2/c1-6-12(4)15-11-17(14(7-2)8-3)13(5)9-10-16-15/h12-16H,6-11H2,1-5H3. The summed E-state index contributed by atoms with van der Waals surface area (Å²) < 4.78 is 0.